The first-order valence-corrected chi connectivity index (χ1v) is 6.43. The van der Waals surface area contributed by atoms with Crippen molar-refractivity contribution < 1.29 is 0 Å². The third-order valence-corrected chi connectivity index (χ3v) is 5.18. The Balaban J connectivity index is 1.83. The zero-order chi connectivity index (χ0) is 6.81. The van der Waals surface area contributed by atoms with Crippen LogP contribution < -0.4 is 0 Å². The van der Waals surface area contributed by atoms with Crippen LogP contribution >= 0.6 is 23.5 Å². The maximum absolute atomic E-state index is 2.17. The van der Waals surface area contributed by atoms with Gasteiger partial charge in [0.2, 0.25) is 0 Å². The van der Waals surface area contributed by atoms with Crippen LogP contribution in [-0.2, 0) is 0 Å². The van der Waals surface area contributed by atoms with Crippen LogP contribution in [0, 0.1) is 11.8 Å². The van der Waals surface area contributed by atoms with Gasteiger partial charge in [0.25, 0.3) is 0 Å². The Kier molecular flexibility index (Phi) is 2.50. The number of fused-ring (bicyclic) bond motifs is 1. The van der Waals surface area contributed by atoms with Crippen LogP contribution in [0.5, 0.6) is 0 Å². The summed E-state index contributed by atoms with van der Waals surface area (Å²) in [5.41, 5.74) is 0. The molecular formula is C8H14S2. The van der Waals surface area contributed by atoms with E-state index in [0.717, 1.165) is 11.8 Å². The second-order valence-corrected chi connectivity index (χ2v) is 5.55. The standard InChI is InChI=1S/C8H14S2/c1-2-8-6-10-4-3-9-5-7(1)8/h7-8H,1-6H2. The van der Waals surface area contributed by atoms with Crippen molar-refractivity contribution in [1.82, 2.24) is 0 Å². The van der Waals surface area contributed by atoms with Crippen LogP contribution in [0.4, 0.5) is 0 Å². The van der Waals surface area contributed by atoms with E-state index in [1.54, 1.807) is 0 Å². The lowest BCUT2D eigenvalue weighted by Gasteiger charge is -2.37. The molecule has 10 heavy (non-hydrogen) atoms. The molecule has 2 atom stereocenters. The minimum atomic E-state index is 1.11. The molecule has 58 valence electrons. The molecule has 0 N–H and O–H groups in total. The van der Waals surface area contributed by atoms with Crippen LogP contribution in [0.25, 0.3) is 0 Å². The fraction of sp³-hybridized carbons (Fsp3) is 1.00. The quantitative estimate of drug-likeness (QED) is 0.553. The van der Waals surface area contributed by atoms with Crippen LogP contribution in [0.15, 0.2) is 0 Å². The van der Waals surface area contributed by atoms with E-state index < -0.39 is 0 Å². The minimum absolute atomic E-state index is 1.11. The molecular weight excluding hydrogens is 160 g/mol. The van der Waals surface area contributed by atoms with Crippen LogP contribution in [0.1, 0.15) is 12.8 Å². The second-order valence-electron chi connectivity index (χ2n) is 3.25. The molecule has 0 aromatic carbocycles. The Hall–Kier alpha value is 0.700. The van der Waals surface area contributed by atoms with Gasteiger partial charge in [0, 0.05) is 11.5 Å². The first-order valence-electron chi connectivity index (χ1n) is 4.12. The van der Waals surface area contributed by atoms with E-state index in [2.05, 4.69) is 23.5 Å². The fourth-order valence-electron chi connectivity index (χ4n) is 1.66. The van der Waals surface area contributed by atoms with Gasteiger partial charge in [-0.25, -0.2) is 0 Å². The molecule has 0 radical (unpaired) electrons. The Bertz CT molecular complexity index is 99.8. The smallest absolute Gasteiger partial charge is 0.00236 e. The number of hydrogen-bond donors (Lipinski definition) is 0. The first kappa shape index (κ1) is 7.35. The molecule has 0 aromatic rings. The van der Waals surface area contributed by atoms with E-state index in [1.165, 1.54) is 35.9 Å². The van der Waals surface area contributed by atoms with E-state index in [4.69, 9.17) is 0 Å². The predicted octanol–water partition coefficient (Wildman–Crippen LogP) is 2.49. The van der Waals surface area contributed by atoms with Gasteiger partial charge in [0.1, 0.15) is 0 Å². The van der Waals surface area contributed by atoms with E-state index in [0.29, 0.717) is 0 Å². The molecule has 1 aliphatic carbocycles. The lowest BCUT2D eigenvalue weighted by molar-refractivity contribution is 0.229. The fourth-order valence-corrected chi connectivity index (χ4v) is 4.42. The van der Waals surface area contributed by atoms with Gasteiger partial charge in [-0.15, -0.1) is 0 Å². The summed E-state index contributed by atoms with van der Waals surface area (Å²) in [6.07, 6.45) is 3.05. The van der Waals surface area contributed by atoms with E-state index in [1.807, 2.05) is 0 Å². The van der Waals surface area contributed by atoms with Crippen molar-refractivity contribution in [1.29, 1.82) is 0 Å². The summed E-state index contributed by atoms with van der Waals surface area (Å²) in [7, 11) is 0. The molecule has 1 saturated carbocycles. The summed E-state index contributed by atoms with van der Waals surface area (Å²) in [5, 5.41) is 0. The summed E-state index contributed by atoms with van der Waals surface area (Å²) in [6.45, 7) is 0. The van der Waals surface area contributed by atoms with Crippen molar-refractivity contribution in [3.63, 3.8) is 0 Å². The highest BCUT2D eigenvalue weighted by Crippen LogP contribution is 2.40. The molecule has 2 aliphatic rings. The van der Waals surface area contributed by atoms with Crippen molar-refractivity contribution in [3.05, 3.63) is 0 Å². The van der Waals surface area contributed by atoms with Crippen LogP contribution in [0.2, 0.25) is 0 Å². The molecule has 2 unspecified atom stereocenters. The van der Waals surface area contributed by atoms with Gasteiger partial charge in [-0.2, -0.15) is 23.5 Å². The molecule has 2 fully saturated rings. The van der Waals surface area contributed by atoms with Crippen LogP contribution in [-0.4, -0.2) is 23.0 Å². The number of thioether (sulfide) groups is 2. The lowest BCUT2D eigenvalue weighted by Crippen LogP contribution is -2.31. The van der Waals surface area contributed by atoms with E-state index >= 15 is 0 Å². The van der Waals surface area contributed by atoms with Crippen LogP contribution in [0.3, 0.4) is 0 Å². The second kappa shape index (κ2) is 3.40. The normalized spacial score (nSPS) is 40.8. The third kappa shape index (κ3) is 1.48. The summed E-state index contributed by atoms with van der Waals surface area (Å²) in [5.74, 6) is 7.94. The summed E-state index contributed by atoms with van der Waals surface area (Å²) in [4.78, 5) is 0. The Morgan fingerprint density at radius 1 is 0.800 bits per heavy atom. The highest BCUT2D eigenvalue weighted by atomic mass is 32.2. The van der Waals surface area contributed by atoms with Gasteiger partial charge < -0.3 is 0 Å². The maximum atomic E-state index is 2.17. The zero-order valence-electron chi connectivity index (χ0n) is 6.21. The molecule has 1 saturated heterocycles. The van der Waals surface area contributed by atoms with Crippen molar-refractivity contribution in [3.8, 4) is 0 Å². The summed E-state index contributed by atoms with van der Waals surface area (Å²) in [6, 6.07) is 0. The molecule has 0 bridgehead atoms. The highest BCUT2D eigenvalue weighted by Gasteiger charge is 2.30. The van der Waals surface area contributed by atoms with E-state index in [9.17, 15) is 0 Å². The molecule has 0 spiro atoms. The van der Waals surface area contributed by atoms with Crippen molar-refractivity contribution >= 4 is 23.5 Å². The van der Waals surface area contributed by atoms with Gasteiger partial charge in [0.15, 0.2) is 0 Å². The number of rotatable bonds is 0. The first-order chi connectivity index (χ1) is 4.97. The Labute approximate surface area is 71.5 Å². The molecule has 0 nitrogen and oxygen atoms in total. The lowest BCUT2D eigenvalue weighted by atomic mass is 9.76. The molecule has 2 rings (SSSR count). The maximum Gasteiger partial charge on any atom is 0.00236 e. The van der Waals surface area contributed by atoms with E-state index in [-0.39, 0.29) is 0 Å². The average Bonchev–Trinajstić information content (AvgIpc) is 1.89. The SMILES string of the molecule is C1CSCC2CCC2CS1. The predicted molar refractivity (Wildman–Crippen MR) is 50.9 cm³/mol. The highest BCUT2D eigenvalue weighted by molar-refractivity contribution is 8.03. The molecule has 1 aliphatic heterocycles. The van der Waals surface area contributed by atoms with Gasteiger partial charge in [-0.1, -0.05) is 0 Å². The van der Waals surface area contributed by atoms with Crippen molar-refractivity contribution in [2.24, 2.45) is 11.8 Å². The van der Waals surface area contributed by atoms with Gasteiger partial charge in [-0.3, -0.25) is 0 Å². The topological polar surface area (TPSA) is 0 Å². The molecule has 0 amide bonds. The van der Waals surface area contributed by atoms with Gasteiger partial charge in [-0.05, 0) is 36.2 Å². The zero-order valence-corrected chi connectivity index (χ0v) is 7.85. The average molecular weight is 174 g/mol. The Morgan fingerprint density at radius 2 is 1.30 bits per heavy atom. The van der Waals surface area contributed by atoms with Crippen molar-refractivity contribution in [2.75, 3.05) is 23.0 Å². The number of hydrogen-bond acceptors (Lipinski definition) is 2. The Morgan fingerprint density at radius 3 is 1.70 bits per heavy atom. The van der Waals surface area contributed by atoms with Gasteiger partial charge in [0.05, 0.1) is 0 Å². The minimum Gasteiger partial charge on any atom is -0.161 e. The molecule has 2 heteroatoms. The van der Waals surface area contributed by atoms with Crippen molar-refractivity contribution in [2.45, 2.75) is 12.8 Å². The summed E-state index contributed by atoms with van der Waals surface area (Å²) >= 11 is 4.34. The summed E-state index contributed by atoms with van der Waals surface area (Å²) < 4.78 is 0. The largest absolute Gasteiger partial charge is 0.161 e. The monoisotopic (exact) mass is 174 g/mol. The molecule has 1 heterocycles. The molecule has 0 aromatic heterocycles. The third-order valence-electron chi connectivity index (χ3n) is 2.61. The van der Waals surface area contributed by atoms with Gasteiger partial charge >= 0.3 is 0 Å².